The summed E-state index contributed by atoms with van der Waals surface area (Å²) in [5.41, 5.74) is 0.267. The van der Waals surface area contributed by atoms with Gasteiger partial charge in [-0.3, -0.25) is 4.72 Å². The number of rotatable bonds is 11. The maximum absolute atomic E-state index is 14.5. The number of aromatic nitrogens is 1. The molecule has 0 unspecified atom stereocenters. The molecule has 1 aromatic heterocycles. The lowest BCUT2D eigenvalue weighted by molar-refractivity contribution is -0.169. The monoisotopic (exact) mass is 529 g/mol. The van der Waals surface area contributed by atoms with E-state index >= 15 is 0 Å². The number of halogens is 5. The van der Waals surface area contributed by atoms with Crippen LogP contribution in [0.3, 0.4) is 0 Å². The largest absolute Gasteiger partial charge is 0.393 e. The van der Waals surface area contributed by atoms with Crippen molar-refractivity contribution in [1.29, 1.82) is 0 Å². The zero-order chi connectivity index (χ0) is 24.1. The summed E-state index contributed by atoms with van der Waals surface area (Å²) in [6.07, 6.45) is -1.22. The summed E-state index contributed by atoms with van der Waals surface area (Å²) in [6, 6.07) is 1.87. The summed E-state index contributed by atoms with van der Waals surface area (Å²) in [5, 5.41) is 10.7. The van der Waals surface area contributed by atoms with Gasteiger partial charge in [0.15, 0.2) is 5.13 Å². The second kappa shape index (κ2) is 11.2. The van der Waals surface area contributed by atoms with Crippen LogP contribution in [0.25, 0.3) is 0 Å². The summed E-state index contributed by atoms with van der Waals surface area (Å²) in [5.74, 6) is -2.24. The molecule has 0 radical (unpaired) electrons. The van der Waals surface area contributed by atoms with E-state index in [4.69, 9.17) is 11.6 Å². The molecule has 1 aliphatic heterocycles. The molecule has 2 atom stereocenters. The van der Waals surface area contributed by atoms with Crippen molar-refractivity contribution < 1.29 is 26.0 Å². The SMILES string of the molecule is O=S(=O)(Nc1nccs1)c1cc(Cl)c(NCCCCNC[C@@H]2C[C@H](C(F)(F)F)CN2)cc1F. The number of unbranched alkanes of at least 4 members (excludes halogenated alkanes) is 1. The minimum atomic E-state index is -4.17. The molecule has 2 heterocycles. The van der Waals surface area contributed by atoms with Crippen molar-refractivity contribution in [2.75, 3.05) is 36.2 Å². The zero-order valence-electron chi connectivity index (χ0n) is 17.4. The Hall–Kier alpha value is -1.67. The minimum absolute atomic E-state index is 0.0435. The number of nitrogens with one attached hydrogen (secondary N) is 4. The number of anilines is 2. The normalized spacial score (nSPS) is 19.1. The predicted octanol–water partition coefficient (Wildman–Crippen LogP) is 4.06. The maximum Gasteiger partial charge on any atom is 0.393 e. The Labute approximate surface area is 198 Å². The van der Waals surface area contributed by atoms with Gasteiger partial charge < -0.3 is 16.0 Å². The van der Waals surface area contributed by atoms with Gasteiger partial charge in [-0.05, 0) is 37.9 Å². The zero-order valence-corrected chi connectivity index (χ0v) is 19.8. The van der Waals surface area contributed by atoms with Crippen molar-refractivity contribution in [3.05, 3.63) is 34.5 Å². The maximum atomic E-state index is 14.5. The number of hydrogen-bond acceptors (Lipinski definition) is 7. The van der Waals surface area contributed by atoms with Gasteiger partial charge in [0, 0.05) is 37.3 Å². The molecule has 4 N–H and O–H groups in total. The fraction of sp³-hybridized carbons (Fsp3) is 0.526. The third kappa shape index (κ3) is 7.41. The van der Waals surface area contributed by atoms with E-state index in [2.05, 4.69) is 25.7 Å². The van der Waals surface area contributed by atoms with E-state index in [1.165, 1.54) is 6.20 Å². The highest BCUT2D eigenvalue weighted by atomic mass is 35.5. The minimum Gasteiger partial charge on any atom is -0.384 e. The molecule has 1 aromatic carbocycles. The topological polar surface area (TPSA) is 95.2 Å². The Morgan fingerprint density at radius 1 is 1.24 bits per heavy atom. The van der Waals surface area contributed by atoms with Crippen molar-refractivity contribution in [3.63, 3.8) is 0 Å². The first-order valence-electron chi connectivity index (χ1n) is 10.2. The van der Waals surface area contributed by atoms with E-state index in [-0.39, 0.29) is 34.8 Å². The van der Waals surface area contributed by atoms with Crippen LogP contribution >= 0.6 is 22.9 Å². The Balaban J connectivity index is 1.39. The van der Waals surface area contributed by atoms with E-state index < -0.39 is 32.8 Å². The van der Waals surface area contributed by atoms with E-state index in [0.29, 0.717) is 26.1 Å². The quantitative estimate of drug-likeness (QED) is 0.259. The molecule has 1 saturated heterocycles. The summed E-state index contributed by atoms with van der Waals surface area (Å²) in [4.78, 5) is 3.23. The molecular formula is C19H24ClF4N5O2S2. The predicted molar refractivity (Wildman–Crippen MR) is 121 cm³/mol. The van der Waals surface area contributed by atoms with Crippen LogP contribution in [0.1, 0.15) is 19.3 Å². The Morgan fingerprint density at radius 2 is 2.00 bits per heavy atom. The molecule has 0 bridgehead atoms. The summed E-state index contributed by atoms with van der Waals surface area (Å²) in [7, 11) is -4.17. The van der Waals surface area contributed by atoms with Crippen molar-refractivity contribution >= 4 is 43.8 Å². The van der Waals surface area contributed by atoms with Crippen LogP contribution in [-0.2, 0) is 10.0 Å². The molecule has 184 valence electrons. The molecule has 0 spiro atoms. The Kier molecular flexibility index (Phi) is 8.78. The van der Waals surface area contributed by atoms with Crippen LogP contribution in [0.5, 0.6) is 0 Å². The van der Waals surface area contributed by atoms with E-state index in [1.807, 2.05) is 0 Å². The van der Waals surface area contributed by atoms with Gasteiger partial charge in [-0.2, -0.15) is 13.2 Å². The first-order valence-corrected chi connectivity index (χ1v) is 13.0. The number of thiazole rings is 1. The van der Waals surface area contributed by atoms with E-state index in [1.54, 1.807) is 5.38 Å². The van der Waals surface area contributed by atoms with Crippen molar-refractivity contribution in [3.8, 4) is 0 Å². The highest BCUT2D eigenvalue weighted by Crippen LogP contribution is 2.32. The molecule has 1 fully saturated rings. The average Bonchev–Trinajstić information content (AvgIpc) is 3.40. The molecule has 7 nitrogen and oxygen atoms in total. The third-order valence-corrected chi connectivity index (χ3v) is 7.62. The lowest BCUT2D eigenvalue weighted by Crippen LogP contribution is -2.34. The highest BCUT2D eigenvalue weighted by Gasteiger charge is 2.43. The first kappa shape index (κ1) is 25.9. The number of benzene rings is 1. The van der Waals surface area contributed by atoms with Gasteiger partial charge in [-0.25, -0.2) is 17.8 Å². The van der Waals surface area contributed by atoms with Gasteiger partial charge >= 0.3 is 6.18 Å². The molecule has 0 saturated carbocycles. The lowest BCUT2D eigenvalue weighted by atomic mass is 10.1. The van der Waals surface area contributed by atoms with Crippen LogP contribution in [0.2, 0.25) is 5.02 Å². The molecular weight excluding hydrogens is 506 g/mol. The van der Waals surface area contributed by atoms with Gasteiger partial charge in [0.2, 0.25) is 0 Å². The first-order chi connectivity index (χ1) is 15.6. The standard InChI is InChI=1S/C19H24ClF4N5O2S2/c20-14-8-17(33(30,31)29-18-27-5-6-32-18)15(21)9-16(14)26-4-2-1-3-25-11-13-7-12(10-28-13)19(22,23)24/h5-6,8-9,12-13,25-26,28H,1-4,7,10-11H2,(H,27,29)/t12-,13-/m0/s1. The van der Waals surface area contributed by atoms with E-state index in [9.17, 15) is 26.0 Å². The van der Waals surface area contributed by atoms with Crippen LogP contribution in [0, 0.1) is 11.7 Å². The van der Waals surface area contributed by atoms with Gasteiger partial charge in [0.1, 0.15) is 10.7 Å². The van der Waals surface area contributed by atoms with Gasteiger partial charge in [-0.15, -0.1) is 11.3 Å². The van der Waals surface area contributed by atoms with Crippen molar-refractivity contribution in [2.45, 2.75) is 36.4 Å². The number of sulfonamides is 1. The molecule has 14 heteroatoms. The summed E-state index contributed by atoms with van der Waals surface area (Å²) >= 11 is 7.20. The third-order valence-electron chi connectivity index (χ3n) is 5.14. The van der Waals surface area contributed by atoms with Crippen LogP contribution in [0.15, 0.2) is 28.6 Å². The second-order valence-electron chi connectivity index (χ2n) is 7.62. The van der Waals surface area contributed by atoms with Gasteiger partial charge in [0.05, 0.1) is 16.6 Å². The summed E-state index contributed by atoms with van der Waals surface area (Å²) in [6.45, 7) is 1.50. The molecule has 0 aliphatic carbocycles. The molecule has 1 aliphatic rings. The lowest BCUT2D eigenvalue weighted by Gasteiger charge is -2.14. The number of alkyl halides is 3. The van der Waals surface area contributed by atoms with Crippen LogP contribution < -0.4 is 20.7 Å². The fourth-order valence-corrected chi connectivity index (χ4v) is 5.58. The van der Waals surface area contributed by atoms with Crippen LogP contribution in [0.4, 0.5) is 28.4 Å². The number of nitrogens with zero attached hydrogens (tertiary/aromatic N) is 1. The molecule has 3 rings (SSSR count). The van der Waals surface area contributed by atoms with Gasteiger partial charge in [0.25, 0.3) is 10.0 Å². The Morgan fingerprint density at radius 3 is 2.67 bits per heavy atom. The molecule has 2 aromatic rings. The average molecular weight is 530 g/mol. The fourth-order valence-electron chi connectivity index (χ4n) is 3.41. The number of hydrogen-bond donors (Lipinski definition) is 4. The smallest absolute Gasteiger partial charge is 0.384 e. The van der Waals surface area contributed by atoms with E-state index in [0.717, 1.165) is 29.9 Å². The van der Waals surface area contributed by atoms with Crippen molar-refractivity contribution in [2.24, 2.45) is 5.92 Å². The second-order valence-corrected chi connectivity index (χ2v) is 10.6. The molecule has 0 amide bonds. The van der Waals surface area contributed by atoms with Crippen molar-refractivity contribution in [1.82, 2.24) is 15.6 Å². The summed E-state index contributed by atoms with van der Waals surface area (Å²) < 4.78 is 79.4. The highest BCUT2D eigenvalue weighted by molar-refractivity contribution is 7.93. The Bertz CT molecular complexity index is 1020. The molecule has 33 heavy (non-hydrogen) atoms. The van der Waals surface area contributed by atoms with Gasteiger partial charge in [-0.1, -0.05) is 11.6 Å². The van der Waals surface area contributed by atoms with Crippen LogP contribution in [-0.4, -0.2) is 51.8 Å².